The Morgan fingerprint density at radius 1 is 1.42 bits per heavy atom. The smallest absolute Gasteiger partial charge is 0.365 e. The number of carboxylic acids is 1. The normalized spacial score (nSPS) is 11.0. The van der Waals surface area contributed by atoms with E-state index in [4.69, 9.17) is 16.7 Å². The molecule has 6 heteroatoms. The summed E-state index contributed by atoms with van der Waals surface area (Å²) in [4.78, 5) is 14.9. The molecule has 3 rings (SSSR count). The van der Waals surface area contributed by atoms with Crippen LogP contribution in [0.15, 0.2) is 35.8 Å². The van der Waals surface area contributed by atoms with E-state index < -0.39 is 5.97 Å². The van der Waals surface area contributed by atoms with E-state index in [9.17, 15) is 4.79 Å². The molecular formula is C13H9ClN2O2S. The van der Waals surface area contributed by atoms with Gasteiger partial charge in [0, 0.05) is 27.5 Å². The van der Waals surface area contributed by atoms with Crippen LogP contribution in [0.1, 0.15) is 15.5 Å². The molecule has 0 saturated carbocycles. The average Bonchev–Trinajstić information content (AvgIpc) is 2.97. The molecule has 2 heterocycles. The minimum Gasteiger partial charge on any atom is -0.476 e. The average molecular weight is 293 g/mol. The highest BCUT2D eigenvalue weighted by Gasteiger charge is 2.10. The van der Waals surface area contributed by atoms with Crippen LogP contribution in [0.5, 0.6) is 0 Å². The molecule has 0 bridgehead atoms. The predicted molar refractivity (Wildman–Crippen MR) is 75.1 cm³/mol. The number of hydrogen-bond acceptors (Lipinski definition) is 3. The van der Waals surface area contributed by atoms with Crippen molar-refractivity contribution in [3.8, 4) is 0 Å². The van der Waals surface area contributed by atoms with Gasteiger partial charge in [0.05, 0.1) is 12.2 Å². The lowest BCUT2D eigenvalue weighted by Gasteiger charge is -2.02. The minimum absolute atomic E-state index is 0.120. The van der Waals surface area contributed by atoms with Crippen LogP contribution in [0.25, 0.3) is 10.9 Å². The van der Waals surface area contributed by atoms with Crippen molar-refractivity contribution in [2.75, 3.05) is 0 Å². The lowest BCUT2D eigenvalue weighted by Crippen LogP contribution is -2.00. The Bertz CT molecular complexity index is 763. The number of hydrogen-bond donors (Lipinski definition) is 1. The Labute approximate surface area is 117 Å². The first-order chi connectivity index (χ1) is 9.13. The van der Waals surface area contributed by atoms with Gasteiger partial charge in [-0.25, -0.2) is 9.78 Å². The molecule has 96 valence electrons. The quantitative estimate of drug-likeness (QED) is 0.804. The molecule has 0 radical (unpaired) electrons. The van der Waals surface area contributed by atoms with Crippen molar-refractivity contribution in [2.24, 2.45) is 0 Å². The van der Waals surface area contributed by atoms with Crippen LogP contribution in [0.4, 0.5) is 0 Å². The second-order valence-corrected chi connectivity index (χ2v) is 5.39. The first-order valence-electron chi connectivity index (χ1n) is 5.55. The molecule has 0 aliphatic carbocycles. The Hall–Kier alpha value is -1.85. The summed E-state index contributed by atoms with van der Waals surface area (Å²) in [6, 6.07) is 7.66. The van der Waals surface area contributed by atoms with Gasteiger partial charge < -0.3 is 9.67 Å². The zero-order valence-electron chi connectivity index (χ0n) is 9.71. The molecule has 0 spiro atoms. The van der Waals surface area contributed by atoms with Gasteiger partial charge in [-0.3, -0.25) is 0 Å². The maximum Gasteiger partial charge on any atom is 0.365 e. The zero-order chi connectivity index (χ0) is 13.4. The number of carboxylic acid groups (broad SMARTS) is 1. The van der Waals surface area contributed by atoms with Gasteiger partial charge in [-0.1, -0.05) is 11.6 Å². The highest BCUT2D eigenvalue weighted by Crippen LogP contribution is 2.21. The first-order valence-corrected chi connectivity index (χ1v) is 6.81. The molecule has 0 unspecified atom stereocenters. The molecule has 0 aliphatic heterocycles. The van der Waals surface area contributed by atoms with Gasteiger partial charge in [0.1, 0.15) is 0 Å². The fraction of sp³-hybridized carbons (Fsp3) is 0.0769. The monoisotopic (exact) mass is 292 g/mol. The molecule has 4 nitrogen and oxygen atoms in total. The SMILES string of the molecule is O=C(O)c1nc(Cn2ccc3cc(Cl)ccc32)cs1. The van der Waals surface area contributed by atoms with E-state index in [-0.39, 0.29) is 5.01 Å². The number of thiazole rings is 1. The summed E-state index contributed by atoms with van der Waals surface area (Å²) in [7, 11) is 0. The third kappa shape index (κ3) is 2.34. The number of halogens is 1. The predicted octanol–water partition coefficient (Wildman–Crippen LogP) is 3.50. The van der Waals surface area contributed by atoms with Crippen LogP contribution in [-0.2, 0) is 6.54 Å². The van der Waals surface area contributed by atoms with Gasteiger partial charge in [-0.2, -0.15) is 0 Å². The third-order valence-corrected chi connectivity index (χ3v) is 3.91. The van der Waals surface area contributed by atoms with E-state index in [2.05, 4.69) is 4.98 Å². The van der Waals surface area contributed by atoms with Crippen LogP contribution in [-0.4, -0.2) is 20.6 Å². The Morgan fingerprint density at radius 3 is 3.00 bits per heavy atom. The van der Waals surface area contributed by atoms with Crippen LogP contribution < -0.4 is 0 Å². The molecule has 1 aromatic carbocycles. The maximum absolute atomic E-state index is 10.8. The highest BCUT2D eigenvalue weighted by molar-refractivity contribution is 7.11. The molecule has 0 atom stereocenters. The summed E-state index contributed by atoms with van der Waals surface area (Å²) in [5.74, 6) is -0.986. The molecule has 19 heavy (non-hydrogen) atoms. The van der Waals surface area contributed by atoms with Crippen molar-refractivity contribution in [3.63, 3.8) is 0 Å². The van der Waals surface area contributed by atoms with Crippen LogP contribution in [0, 0.1) is 0 Å². The number of carbonyl (C=O) groups is 1. The van der Waals surface area contributed by atoms with Gasteiger partial charge in [-0.15, -0.1) is 11.3 Å². The van der Waals surface area contributed by atoms with Crippen LogP contribution in [0.3, 0.4) is 0 Å². The molecule has 0 saturated heterocycles. The zero-order valence-corrected chi connectivity index (χ0v) is 11.3. The molecular weight excluding hydrogens is 284 g/mol. The molecule has 0 fully saturated rings. The second-order valence-electron chi connectivity index (χ2n) is 4.10. The van der Waals surface area contributed by atoms with Gasteiger partial charge in [0.2, 0.25) is 5.01 Å². The first kappa shape index (κ1) is 12.2. The summed E-state index contributed by atoms with van der Waals surface area (Å²) in [5, 5.41) is 12.5. The molecule has 0 aliphatic rings. The largest absolute Gasteiger partial charge is 0.476 e. The summed E-state index contributed by atoms with van der Waals surface area (Å²) >= 11 is 7.08. The fourth-order valence-corrected chi connectivity index (χ4v) is 2.79. The van der Waals surface area contributed by atoms with E-state index in [1.54, 1.807) is 5.38 Å². The number of benzene rings is 1. The lowest BCUT2D eigenvalue weighted by molar-refractivity contribution is 0.0696. The Kier molecular flexibility index (Phi) is 3.00. The topological polar surface area (TPSA) is 55.1 Å². The standard InChI is InChI=1S/C13H9ClN2O2S/c14-9-1-2-11-8(5-9)3-4-16(11)6-10-7-19-12(15-10)13(17)18/h1-5,7H,6H2,(H,17,18). The van der Waals surface area contributed by atoms with E-state index in [0.717, 1.165) is 27.9 Å². The third-order valence-electron chi connectivity index (χ3n) is 2.80. The summed E-state index contributed by atoms with van der Waals surface area (Å²) in [5.41, 5.74) is 1.80. The number of fused-ring (bicyclic) bond motifs is 1. The van der Waals surface area contributed by atoms with Gasteiger partial charge in [-0.05, 0) is 24.3 Å². The van der Waals surface area contributed by atoms with E-state index in [0.29, 0.717) is 11.6 Å². The van der Waals surface area contributed by atoms with E-state index in [1.807, 2.05) is 35.0 Å². The summed E-state index contributed by atoms with van der Waals surface area (Å²) < 4.78 is 2.02. The molecule has 3 aromatic rings. The van der Waals surface area contributed by atoms with Crippen LogP contribution >= 0.6 is 22.9 Å². The fourth-order valence-electron chi connectivity index (χ4n) is 1.96. The molecule has 0 amide bonds. The van der Waals surface area contributed by atoms with Gasteiger partial charge in [0.25, 0.3) is 0 Å². The van der Waals surface area contributed by atoms with Crippen molar-refractivity contribution in [1.82, 2.24) is 9.55 Å². The summed E-state index contributed by atoms with van der Waals surface area (Å²) in [6.45, 7) is 0.551. The summed E-state index contributed by atoms with van der Waals surface area (Å²) in [6.07, 6.45) is 1.95. The second kappa shape index (κ2) is 4.68. The Morgan fingerprint density at radius 2 is 2.26 bits per heavy atom. The van der Waals surface area contributed by atoms with Gasteiger partial charge in [0.15, 0.2) is 0 Å². The van der Waals surface area contributed by atoms with Crippen molar-refractivity contribution >= 4 is 39.8 Å². The van der Waals surface area contributed by atoms with Crippen molar-refractivity contribution < 1.29 is 9.90 Å². The van der Waals surface area contributed by atoms with E-state index in [1.165, 1.54) is 0 Å². The minimum atomic E-state index is -0.986. The maximum atomic E-state index is 10.8. The Balaban J connectivity index is 1.94. The molecule has 2 aromatic heterocycles. The number of rotatable bonds is 3. The van der Waals surface area contributed by atoms with Crippen molar-refractivity contribution in [1.29, 1.82) is 0 Å². The number of aromatic carboxylic acids is 1. The molecule has 1 N–H and O–H groups in total. The number of aromatic nitrogens is 2. The van der Waals surface area contributed by atoms with Crippen LogP contribution in [0.2, 0.25) is 5.02 Å². The lowest BCUT2D eigenvalue weighted by atomic mass is 10.2. The highest BCUT2D eigenvalue weighted by atomic mass is 35.5. The number of nitrogens with zero attached hydrogens (tertiary/aromatic N) is 2. The van der Waals surface area contributed by atoms with Crippen molar-refractivity contribution in [3.05, 3.63) is 51.6 Å². The van der Waals surface area contributed by atoms with Gasteiger partial charge >= 0.3 is 5.97 Å². The van der Waals surface area contributed by atoms with Crippen molar-refractivity contribution in [2.45, 2.75) is 6.54 Å². The van der Waals surface area contributed by atoms with E-state index >= 15 is 0 Å².